The maximum Gasteiger partial charge on any atom is 0.0606 e. The number of aliphatic hydroxyl groups excluding tert-OH is 1. The molecule has 0 amide bonds. The zero-order chi connectivity index (χ0) is 16.7. The molecule has 0 radical (unpaired) electrons. The topological polar surface area (TPSA) is 38.7 Å². The van der Waals surface area contributed by atoms with Gasteiger partial charge in [0.1, 0.15) is 0 Å². The Morgan fingerprint density at radius 3 is 2.48 bits per heavy atom. The van der Waals surface area contributed by atoms with Crippen LogP contribution in [0, 0.1) is 0 Å². The molecule has 0 atom stereocenters. The number of piperidine rings is 1. The van der Waals surface area contributed by atoms with Crippen LogP contribution < -0.4 is 10.2 Å². The Bertz CT molecular complexity index is 486. The van der Waals surface area contributed by atoms with Crippen molar-refractivity contribution >= 4 is 11.4 Å². The maximum atomic E-state index is 9.00. The monoisotopic (exact) mass is 317 g/mol. The Balaban J connectivity index is 1.79. The van der Waals surface area contributed by atoms with Gasteiger partial charge in [-0.3, -0.25) is 4.90 Å². The Morgan fingerprint density at radius 1 is 1.26 bits per heavy atom. The van der Waals surface area contributed by atoms with E-state index in [0.717, 1.165) is 12.2 Å². The second kappa shape index (κ2) is 8.94. The normalized spacial score (nSPS) is 16.2. The van der Waals surface area contributed by atoms with Gasteiger partial charge in [0.25, 0.3) is 0 Å². The fourth-order valence-electron chi connectivity index (χ4n) is 2.90. The van der Waals surface area contributed by atoms with Crippen LogP contribution >= 0.6 is 0 Å². The highest BCUT2D eigenvalue weighted by Gasteiger charge is 2.18. The molecule has 2 rings (SSSR count). The average molecular weight is 317 g/mol. The number of likely N-dealkylation sites (tertiary alicyclic amines) is 1. The Kier molecular flexibility index (Phi) is 6.93. The summed E-state index contributed by atoms with van der Waals surface area (Å²) in [6.07, 6.45) is 4.71. The summed E-state index contributed by atoms with van der Waals surface area (Å²) >= 11 is 0. The van der Waals surface area contributed by atoms with Crippen LogP contribution in [-0.4, -0.2) is 55.9 Å². The summed E-state index contributed by atoms with van der Waals surface area (Å²) in [5, 5.41) is 12.7. The first-order valence-electron chi connectivity index (χ1n) is 8.63. The zero-order valence-corrected chi connectivity index (χ0v) is 14.8. The van der Waals surface area contributed by atoms with E-state index in [1.807, 2.05) is 7.05 Å². The second-order valence-corrected chi connectivity index (χ2v) is 6.69. The molecule has 0 bridgehead atoms. The van der Waals surface area contributed by atoms with Crippen LogP contribution in [0.25, 0.3) is 0 Å². The molecular weight excluding hydrogens is 286 g/mol. The Morgan fingerprint density at radius 2 is 1.91 bits per heavy atom. The molecule has 4 heteroatoms. The lowest BCUT2D eigenvalue weighted by Crippen LogP contribution is -2.39. The number of aliphatic hydroxyl groups is 1. The van der Waals surface area contributed by atoms with Gasteiger partial charge in [0.05, 0.1) is 6.61 Å². The van der Waals surface area contributed by atoms with Gasteiger partial charge >= 0.3 is 0 Å². The predicted octanol–water partition coefficient (Wildman–Crippen LogP) is 2.96. The van der Waals surface area contributed by atoms with Crippen molar-refractivity contribution in [3.05, 3.63) is 35.9 Å². The third-order valence-electron chi connectivity index (χ3n) is 4.46. The van der Waals surface area contributed by atoms with Crippen molar-refractivity contribution in [1.29, 1.82) is 0 Å². The number of hydrogen-bond donors (Lipinski definition) is 2. The van der Waals surface area contributed by atoms with Crippen LogP contribution in [0.3, 0.4) is 0 Å². The van der Waals surface area contributed by atoms with E-state index in [1.54, 1.807) is 0 Å². The van der Waals surface area contributed by atoms with Gasteiger partial charge in [-0.25, -0.2) is 0 Å². The van der Waals surface area contributed by atoms with Gasteiger partial charge in [0, 0.05) is 50.6 Å². The van der Waals surface area contributed by atoms with Gasteiger partial charge in [-0.2, -0.15) is 0 Å². The molecule has 1 saturated heterocycles. The summed E-state index contributed by atoms with van der Waals surface area (Å²) in [5.74, 6) is 0. The van der Waals surface area contributed by atoms with Crippen molar-refractivity contribution in [2.24, 2.45) is 0 Å². The molecule has 1 aliphatic rings. The van der Waals surface area contributed by atoms with Crippen LogP contribution in [0.4, 0.5) is 11.4 Å². The van der Waals surface area contributed by atoms with Crippen molar-refractivity contribution < 1.29 is 5.11 Å². The van der Waals surface area contributed by atoms with Crippen molar-refractivity contribution in [3.8, 4) is 0 Å². The molecule has 0 saturated carbocycles. The van der Waals surface area contributed by atoms with E-state index in [2.05, 4.69) is 59.3 Å². The largest absolute Gasteiger partial charge is 0.395 e. The molecular formula is C19H31N3O. The number of nitrogens with zero attached hydrogens (tertiary/aromatic N) is 2. The molecule has 1 fully saturated rings. The van der Waals surface area contributed by atoms with E-state index in [1.165, 1.54) is 37.2 Å². The Hall–Kier alpha value is -1.52. The number of benzene rings is 1. The first-order chi connectivity index (χ1) is 11.1. The molecule has 1 aliphatic heterocycles. The predicted molar refractivity (Wildman–Crippen MR) is 99.3 cm³/mol. The van der Waals surface area contributed by atoms with E-state index in [0.29, 0.717) is 12.6 Å². The first kappa shape index (κ1) is 17.8. The quantitative estimate of drug-likeness (QED) is 0.759. The van der Waals surface area contributed by atoms with Gasteiger partial charge in [-0.05, 0) is 51.0 Å². The number of anilines is 2. The molecule has 1 heterocycles. The van der Waals surface area contributed by atoms with Crippen molar-refractivity contribution in [2.75, 3.05) is 50.1 Å². The molecule has 0 aliphatic carbocycles. The summed E-state index contributed by atoms with van der Waals surface area (Å²) < 4.78 is 0. The highest BCUT2D eigenvalue weighted by Crippen LogP contribution is 2.20. The molecule has 4 nitrogen and oxygen atoms in total. The minimum absolute atomic E-state index is 0.182. The minimum atomic E-state index is 0.182. The third-order valence-corrected chi connectivity index (χ3v) is 4.46. The van der Waals surface area contributed by atoms with Crippen LogP contribution in [0.5, 0.6) is 0 Å². The molecule has 128 valence electrons. The van der Waals surface area contributed by atoms with Crippen molar-refractivity contribution in [3.63, 3.8) is 0 Å². The van der Waals surface area contributed by atoms with Crippen molar-refractivity contribution in [2.45, 2.75) is 32.7 Å². The Labute approximate surface area is 140 Å². The van der Waals surface area contributed by atoms with E-state index < -0.39 is 0 Å². The van der Waals surface area contributed by atoms with Crippen LogP contribution in [0.15, 0.2) is 35.9 Å². The summed E-state index contributed by atoms with van der Waals surface area (Å²) in [5.41, 5.74) is 3.73. The van der Waals surface area contributed by atoms with E-state index in [4.69, 9.17) is 5.11 Å². The van der Waals surface area contributed by atoms with Gasteiger partial charge in [-0.1, -0.05) is 11.6 Å². The molecule has 0 spiro atoms. The highest BCUT2D eigenvalue weighted by molar-refractivity contribution is 5.55. The number of rotatable bonds is 7. The maximum absolute atomic E-state index is 9.00. The number of allylic oxidation sites excluding steroid dienone is 1. The smallest absolute Gasteiger partial charge is 0.0606 e. The zero-order valence-electron chi connectivity index (χ0n) is 14.8. The van der Waals surface area contributed by atoms with Gasteiger partial charge in [0.2, 0.25) is 0 Å². The fraction of sp³-hybridized carbons (Fsp3) is 0.579. The van der Waals surface area contributed by atoms with Gasteiger partial charge in [0.15, 0.2) is 0 Å². The first-order valence-corrected chi connectivity index (χ1v) is 8.63. The summed E-state index contributed by atoms with van der Waals surface area (Å²) in [6, 6.07) is 9.07. The van der Waals surface area contributed by atoms with E-state index in [-0.39, 0.29) is 6.61 Å². The third kappa shape index (κ3) is 5.88. The summed E-state index contributed by atoms with van der Waals surface area (Å²) in [6.45, 7) is 8.59. The number of nitrogens with one attached hydrogen (secondary N) is 1. The SMILES string of the molecule is CC(C)=CCN1CCC(Nc2ccc(N(C)CCO)cc2)CC1. The van der Waals surface area contributed by atoms with Crippen molar-refractivity contribution in [1.82, 2.24) is 4.90 Å². The van der Waals surface area contributed by atoms with Crippen LogP contribution in [-0.2, 0) is 0 Å². The second-order valence-electron chi connectivity index (χ2n) is 6.69. The fourth-order valence-corrected chi connectivity index (χ4v) is 2.90. The van der Waals surface area contributed by atoms with Crippen LogP contribution in [0.1, 0.15) is 26.7 Å². The molecule has 0 unspecified atom stereocenters. The number of likely N-dealkylation sites (N-methyl/N-ethyl adjacent to an activating group) is 1. The lowest BCUT2D eigenvalue weighted by atomic mass is 10.0. The molecule has 2 N–H and O–H groups in total. The molecule has 23 heavy (non-hydrogen) atoms. The van der Waals surface area contributed by atoms with E-state index >= 15 is 0 Å². The summed E-state index contributed by atoms with van der Waals surface area (Å²) in [7, 11) is 2.00. The molecule has 0 aromatic heterocycles. The standard InChI is InChI=1S/C19H31N3O/c1-16(2)8-11-22-12-9-18(10-13-22)20-17-4-6-19(7-5-17)21(3)14-15-23/h4-8,18,20,23H,9-15H2,1-3H3. The summed E-state index contributed by atoms with van der Waals surface area (Å²) in [4.78, 5) is 4.59. The molecule has 1 aromatic rings. The lowest BCUT2D eigenvalue weighted by molar-refractivity contribution is 0.240. The average Bonchev–Trinajstić information content (AvgIpc) is 2.55. The molecule has 1 aromatic carbocycles. The highest BCUT2D eigenvalue weighted by atomic mass is 16.3. The number of hydrogen-bond acceptors (Lipinski definition) is 4. The van der Waals surface area contributed by atoms with E-state index in [9.17, 15) is 0 Å². The van der Waals surface area contributed by atoms with Gasteiger partial charge < -0.3 is 15.3 Å². The van der Waals surface area contributed by atoms with Crippen LogP contribution in [0.2, 0.25) is 0 Å². The minimum Gasteiger partial charge on any atom is -0.395 e. The lowest BCUT2D eigenvalue weighted by Gasteiger charge is -2.32. The van der Waals surface area contributed by atoms with Gasteiger partial charge in [-0.15, -0.1) is 0 Å².